The van der Waals surface area contributed by atoms with Crippen LogP contribution in [-0.4, -0.2) is 63.5 Å². The Hall–Kier alpha value is -1.17. The number of hydrogen-bond donors (Lipinski definition) is 1. The van der Waals surface area contributed by atoms with Crippen LogP contribution < -0.4 is 0 Å². The van der Waals surface area contributed by atoms with Crippen LogP contribution >= 0.6 is 0 Å². The van der Waals surface area contributed by atoms with Gasteiger partial charge in [-0.15, -0.1) is 0 Å². The zero-order chi connectivity index (χ0) is 16.1. The van der Waals surface area contributed by atoms with Crippen LogP contribution in [0.1, 0.15) is 31.5 Å². The highest BCUT2D eigenvalue weighted by Crippen LogP contribution is 2.17. The summed E-state index contributed by atoms with van der Waals surface area (Å²) in [6.07, 6.45) is 5.25. The first-order chi connectivity index (χ1) is 10.5. The minimum atomic E-state index is 0.260. The fourth-order valence-corrected chi connectivity index (χ4v) is 3.11. The van der Waals surface area contributed by atoms with Crippen molar-refractivity contribution in [2.45, 2.75) is 39.8 Å². The minimum Gasteiger partial charge on any atom is -0.396 e. The third kappa shape index (κ3) is 4.66. The summed E-state index contributed by atoms with van der Waals surface area (Å²) in [6.45, 7) is 11.7. The Bertz CT molecular complexity index is 505. The Morgan fingerprint density at radius 1 is 1.41 bits per heavy atom. The maximum Gasteiger partial charge on any atom is 0.0638 e. The van der Waals surface area contributed by atoms with Crippen molar-refractivity contribution in [2.24, 2.45) is 7.05 Å². The average Bonchev–Trinajstić information content (AvgIpc) is 2.76. The first-order valence-electron chi connectivity index (χ1n) is 8.19. The van der Waals surface area contributed by atoms with Crippen LogP contribution in [0.25, 0.3) is 0 Å². The maximum absolute atomic E-state index is 9.36. The molecule has 1 fully saturated rings. The van der Waals surface area contributed by atoms with Gasteiger partial charge < -0.3 is 5.11 Å². The average molecular weight is 306 g/mol. The normalized spacial score (nSPS) is 20.3. The predicted molar refractivity (Wildman–Crippen MR) is 89.7 cm³/mol. The second-order valence-corrected chi connectivity index (χ2v) is 6.59. The second-order valence-electron chi connectivity index (χ2n) is 6.59. The lowest BCUT2D eigenvalue weighted by atomic mass is 10.1. The molecular weight excluding hydrogens is 276 g/mol. The van der Waals surface area contributed by atoms with Crippen LogP contribution in [0, 0.1) is 6.92 Å². The number of allylic oxidation sites excluding steroid dienone is 1. The van der Waals surface area contributed by atoms with Gasteiger partial charge in [0, 0.05) is 64.2 Å². The molecule has 1 aliphatic heterocycles. The topological polar surface area (TPSA) is 44.5 Å². The molecule has 1 aromatic heterocycles. The van der Waals surface area contributed by atoms with Crippen LogP contribution in [0.4, 0.5) is 0 Å². The lowest BCUT2D eigenvalue weighted by Gasteiger charge is -2.41. The fourth-order valence-electron chi connectivity index (χ4n) is 3.11. The third-order valence-corrected chi connectivity index (χ3v) is 4.39. The van der Waals surface area contributed by atoms with E-state index in [0.29, 0.717) is 6.04 Å². The summed E-state index contributed by atoms with van der Waals surface area (Å²) in [5, 5.41) is 13.8. The Kier molecular flexibility index (Phi) is 6.17. The van der Waals surface area contributed by atoms with E-state index in [2.05, 4.69) is 47.9 Å². The molecule has 5 heteroatoms. The SMILES string of the molecule is CC(C)=CCN1CCN(Cc2cn(C)nc2C)CC1CCO. The summed E-state index contributed by atoms with van der Waals surface area (Å²) in [6, 6.07) is 0.436. The van der Waals surface area contributed by atoms with Crippen molar-refractivity contribution in [3.63, 3.8) is 0 Å². The second kappa shape index (κ2) is 7.90. The van der Waals surface area contributed by atoms with Crippen molar-refractivity contribution >= 4 is 0 Å². The van der Waals surface area contributed by atoms with Gasteiger partial charge >= 0.3 is 0 Å². The Morgan fingerprint density at radius 3 is 2.77 bits per heavy atom. The number of piperazine rings is 1. The van der Waals surface area contributed by atoms with Crippen molar-refractivity contribution in [1.82, 2.24) is 19.6 Å². The molecular formula is C17H30N4O. The zero-order valence-corrected chi connectivity index (χ0v) is 14.4. The molecule has 2 heterocycles. The highest BCUT2D eigenvalue weighted by molar-refractivity contribution is 5.15. The van der Waals surface area contributed by atoms with Crippen molar-refractivity contribution in [3.05, 3.63) is 29.1 Å². The largest absolute Gasteiger partial charge is 0.396 e. The van der Waals surface area contributed by atoms with Gasteiger partial charge in [0.2, 0.25) is 0 Å². The summed E-state index contributed by atoms with van der Waals surface area (Å²) in [5.74, 6) is 0. The van der Waals surface area contributed by atoms with Crippen LogP contribution in [0.5, 0.6) is 0 Å². The van der Waals surface area contributed by atoms with E-state index in [-0.39, 0.29) is 6.61 Å². The molecule has 0 aliphatic carbocycles. The molecule has 22 heavy (non-hydrogen) atoms. The molecule has 2 rings (SSSR count). The molecule has 0 bridgehead atoms. The standard InChI is InChI=1S/C17H30N4O/c1-14(2)5-7-21-9-8-20(13-17(21)6-10-22)12-16-11-19(4)18-15(16)3/h5,11,17,22H,6-10,12-13H2,1-4H3. The number of hydrogen-bond acceptors (Lipinski definition) is 4. The lowest BCUT2D eigenvalue weighted by Crippen LogP contribution is -2.53. The molecule has 1 aromatic rings. The molecule has 0 saturated carbocycles. The van der Waals surface area contributed by atoms with Gasteiger partial charge in [-0.2, -0.15) is 5.10 Å². The predicted octanol–water partition coefficient (Wildman–Crippen LogP) is 1.56. The summed E-state index contributed by atoms with van der Waals surface area (Å²) in [7, 11) is 1.97. The van der Waals surface area contributed by atoms with E-state index in [9.17, 15) is 5.11 Å². The van der Waals surface area contributed by atoms with Gasteiger partial charge in [-0.3, -0.25) is 14.5 Å². The van der Waals surface area contributed by atoms with E-state index < -0.39 is 0 Å². The van der Waals surface area contributed by atoms with Gasteiger partial charge in [0.25, 0.3) is 0 Å². The monoisotopic (exact) mass is 306 g/mol. The van der Waals surface area contributed by atoms with Crippen LogP contribution in [-0.2, 0) is 13.6 Å². The van der Waals surface area contributed by atoms with Crippen molar-refractivity contribution < 1.29 is 5.11 Å². The van der Waals surface area contributed by atoms with Gasteiger partial charge in [-0.05, 0) is 27.2 Å². The molecule has 1 N–H and O–H groups in total. The van der Waals surface area contributed by atoms with E-state index in [1.165, 1.54) is 11.1 Å². The zero-order valence-electron chi connectivity index (χ0n) is 14.4. The number of aryl methyl sites for hydroxylation is 2. The highest BCUT2D eigenvalue weighted by Gasteiger charge is 2.26. The quantitative estimate of drug-likeness (QED) is 0.810. The van der Waals surface area contributed by atoms with Gasteiger partial charge in [0.15, 0.2) is 0 Å². The fraction of sp³-hybridized carbons (Fsp3) is 0.706. The molecule has 5 nitrogen and oxygen atoms in total. The molecule has 1 aliphatic rings. The highest BCUT2D eigenvalue weighted by atomic mass is 16.3. The smallest absolute Gasteiger partial charge is 0.0638 e. The van der Waals surface area contributed by atoms with Crippen molar-refractivity contribution in [3.8, 4) is 0 Å². The van der Waals surface area contributed by atoms with Gasteiger partial charge in [0.1, 0.15) is 0 Å². The Balaban J connectivity index is 1.97. The summed E-state index contributed by atoms with van der Waals surface area (Å²) in [4.78, 5) is 4.99. The first kappa shape index (κ1) is 17.2. The van der Waals surface area contributed by atoms with Crippen molar-refractivity contribution in [1.29, 1.82) is 0 Å². The number of nitrogens with zero attached hydrogens (tertiary/aromatic N) is 4. The molecule has 124 valence electrons. The molecule has 0 aromatic carbocycles. The minimum absolute atomic E-state index is 0.260. The van der Waals surface area contributed by atoms with Crippen LogP contribution in [0.2, 0.25) is 0 Å². The Labute approximate surface area is 134 Å². The molecule has 1 unspecified atom stereocenters. The number of aliphatic hydroxyl groups is 1. The van der Waals surface area contributed by atoms with Gasteiger partial charge in [0.05, 0.1) is 5.69 Å². The van der Waals surface area contributed by atoms with Gasteiger partial charge in [-0.25, -0.2) is 0 Å². The number of aliphatic hydroxyl groups excluding tert-OH is 1. The molecule has 0 amide bonds. The van der Waals surface area contributed by atoms with E-state index in [4.69, 9.17) is 0 Å². The number of rotatable bonds is 6. The molecule has 0 spiro atoms. The lowest BCUT2D eigenvalue weighted by molar-refractivity contribution is 0.0635. The number of aromatic nitrogens is 2. The third-order valence-electron chi connectivity index (χ3n) is 4.39. The Morgan fingerprint density at radius 2 is 2.18 bits per heavy atom. The maximum atomic E-state index is 9.36. The molecule has 1 saturated heterocycles. The van der Waals surface area contributed by atoms with Crippen molar-refractivity contribution in [2.75, 3.05) is 32.8 Å². The van der Waals surface area contributed by atoms with E-state index in [0.717, 1.165) is 44.8 Å². The summed E-state index contributed by atoms with van der Waals surface area (Å²) in [5.41, 5.74) is 3.78. The molecule has 1 atom stereocenters. The first-order valence-corrected chi connectivity index (χ1v) is 8.19. The van der Waals surface area contributed by atoms with E-state index in [1.807, 2.05) is 11.7 Å². The van der Waals surface area contributed by atoms with Crippen LogP contribution in [0.3, 0.4) is 0 Å². The van der Waals surface area contributed by atoms with Crippen LogP contribution in [0.15, 0.2) is 17.8 Å². The van der Waals surface area contributed by atoms with Gasteiger partial charge in [-0.1, -0.05) is 11.6 Å². The molecule has 0 radical (unpaired) electrons. The summed E-state index contributed by atoms with van der Waals surface area (Å²) < 4.78 is 1.89. The van der Waals surface area contributed by atoms with E-state index >= 15 is 0 Å². The summed E-state index contributed by atoms with van der Waals surface area (Å²) >= 11 is 0. The van der Waals surface area contributed by atoms with E-state index in [1.54, 1.807) is 0 Å².